The van der Waals surface area contributed by atoms with Gasteiger partial charge in [0.1, 0.15) is 0 Å². The van der Waals surface area contributed by atoms with Crippen LogP contribution >= 0.6 is 11.8 Å². The smallest absolute Gasteiger partial charge is 0.250 e. The summed E-state index contributed by atoms with van der Waals surface area (Å²) >= 11 is 1.26. The highest BCUT2D eigenvalue weighted by molar-refractivity contribution is 7.99. The Morgan fingerprint density at radius 3 is 2.62 bits per heavy atom. The van der Waals surface area contributed by atoms with E-state index in [0.29, 0.717) is 46.9 Å². The zero-order valence-electron chi connectivity index (χ0n) is 19.4. The molecule has 3 rings (SSSR count). The van der Waals surface area contributed by atoms with E-state index in [0.717, 1.165) is 5.56 Å². The molecule has 0 aliphatic heterocycles. The number of aromatic nitrogens is 3. The zero-order valence-corrected chi connectivity index (χ0v) is 20.3. The number of phenolic OH excluding ortho intramolecular Hbond substituents is 1. The lowest BCUT2D eigenvalue weighted by molar-refractivity contribution is -0.118. The highest BCUT2D eigenvalue weighted by Gasteiger charge is 2.16. The molecule has 11 heteroatoms. The highest BCUT2D eigenvalue weighted by Crippen LogP contribution is 2.33. The molecule has 1 aromatic heterocycles. The fraction of sp³-hybridized carbons (Fsp3) is 0.304. The van der Waals surface area contributed by atoms with Crippen LogP contribution in [0.5, 0.6) is 23.0 Å². The summed E-state index contributed by atoms with van der Waals surface area (Å²) in [6.45, 7) is 4.87. The van der Waals surface area contributed by atoms with Crippen LogP contribution in [0.2, 0.25) is 0 Å². The average Bonchev–Trinajstić information content (AvgIpc) is 3.27. The standard InChI is InChI=1S/C23H27N5O5S/c1-5-28-22(16-8-10-18(31-3)20(12-16)32-4)26-27-23(28)34-14-21(30)25-24-13-15-7-9-17(29)19(11-15)33-6-2/h7-13,29H,5-6,14H2,1-4H3,(H,25,30)/b24-13+. The number of benzene rings is 2. The van der Waals surface area contributed by atoms with Gasteiger partial charge in [-0.15, -0.1) is 10.2 Å². The van der Waals surface area contributed by atoms with E-state index in [1.807, 2.05) is 36.6 Å². The Morgan fingerprint density at radius 2 is 1.91 bits per heavy atom. The van der Waals surface area contributed by atoms with Crippen LogP contribution in [-0.2, 0) is 11.3 Å². The number of nitrogens with zero attached hydrogens (tertiary/aromatic N) is 4. The van der Waals surface area contributed by atoms with Crippen molar-refractivity contribution < 1.29 is 24.1 Å². The summed E-state index contributed by atoms with van der Waals surface area (Å²) in [5, 5.41) is 22.9. The van der Waals surface area contributed by atoms with E-state index < -0.39 is 0 Å². The van der Waals surface area contributed by atoms with Gasteiger partial charge in [-0.2, -0.15) is 5.10 Å². The molecule has 34 heavy (non-hydrogen) atoms. The normalized spacial score (nSPS) is 10.9. The number of amides is 1. The van der Waals surface area contributed by atoms with Crippen molar-refractivity contribution in [3.63, 3.8) is 0 Å². The third-order valence-corrected chi connectivity index (χ3v) is 5.66. The van der Waals surface area contributed by atoms with Gasteiger partial charge in [0.15, 0.2) is 34.0 Å². The third-order valence-electron chi connectivity index (χ3n) is 4.69. The summed E-state index contributed by atoms with van der Waals surface area (Å²) in [5.41, 5.74) is 4.00. The minimum Gasteiger partial charge on any atom is -0.504 e. The number of phenols is 1. The van der Waals surface area contributed by atoms with Crippen LogP contribution in [0.1, 0.15) is 19.4 Å². The van der Waals surface area contributed by atoms with Crippen LogP contribution in [0.4, 0.5) is 0 Å². The molecule has 0 saturated heterocycles. The maximum atomic E-state index is 12.3. The van der Waals surface area contributed by atoms with E-state index in [2.05, 4.69) is 20.7 Å². The Morgan fingerprint density at radius 1 is 1.12 bits per heavy atom. The molecule has 0 radical (unpaired) electrons. The molecular formula is C23H27N5O5S. The molecule has 3 aromatic rings. The quantitative estimate of drug-likeness (QED) is 0.241. The van der Waals surface area contributed by atoms with E-state index in [1.54, 1.807) is 26.4 Å². The van der Waals surface area contributed by atoms with Gasteiger partial charge in [-0.05, 0) is 55.8 Å². The first kappa shape index (κ1) is 24.9. The fourth-order valence-electron chi connectivity index (χ4n) is 3.09. The molecule has 0 spiro atoms. The van der Waals surface area contributed by atoms with E-state index >= 15 is 0 Å². The lowest BCUT2D eigenvalue weighted by atomic mass is 10.2. The van der Waals surface area contributed by atoms with Crippen molar-refractivity contribution in [1.29, 1.82) is 0 Å². The summed E-state index contributed by atoms with van der Waals surface area (Å²) in [6.07, 6.45) is 1.48. The van der Waals surface area contributed by atoms with Gasteiger partial charge in [0, 0.05) is 12.1 Å². The van der Waals surface area contributed by atoms with Gasteiger partial charge in [0.25, 0.3) is 5.91 Å². The molecule has 1 amide bonds. The summed E-state index contributed by atoms with van der Waals surface area (Å²) < 4.78 is 17.9. The molecule has 0 unspecified atom stereocenters. The fourth-order valence-corrected chi connectivity index (χ4v) is 3.89. The summed E-state index contributed by atoms with van der Waals surface area (Å²) in [6, 6.07) is 10.4. The minimum absolute atomic E-state index is 0.0481. The number of hydrogen-bond donors (Lipinski definition) is 2. The summed E-state index contributed by atoms with van der Waals surface area (Å²) in [5.74, 6) is 2.12. The lowest BCUT2D eigenvalue weighted by Gasteiger charge is -2.10. The van der Waals surface area contributed by atoms with Gasteiger partial charge in [-0.1, -0.05) is 11.8 Å². The topological polar surface area (TPSA) is 120 Å². The summed E-state index contributed by atoms with van der Waals surface area (Å²) in [4.78, 5) is 12.3. The molecule has 0 aliphatic carbocycles. The summed E-state index contributed by atoms with van der Waals surface area (Å²) in [7, 11) is 3.16. The second kappa shape index (κ2) is 11.9. The molecule has 10 nitrogen and oxygen atoms in total. The Labute approximate surface area is 201 Å². The van der Waals surface area contributed by atoms with Crippen LogP contribution in [0.3, 0.4) is 0 Å². The Balaban J connectivity index is 1.63. The van der Waals surface area contributed by atoms with Crippen LogP contribution in [-0.4, -0.2) is 58.6 Å². The number of ether oxygens (including phenoxy) is 3. The largest absolute Gasteiger partial charge is 0.504 e. The highest BCUT2D eigenvalue weighted by atomic mass is 32.2. The van der Waals surface area contributed by atoms with E-state index in [1.165, 1.54) is 24.0 Å². The van der Waals surface area contributed by atoms with Crippen molar-refractivity contribution in [2.24, 2.45) is 5.10 Å². The van der Waals surface area contributed by atoms with Crippen molar-refractivity contribution in [3.05, 3.63) is 42.0 Å². The molecule has 0 saturated carbocycles. The number of hydrazone groups is 1. The Hall–Kier alpha value is -3.73. The number of nitrogens with one attached hydrogen (secondary N) is 1. The van der Waals surface area contributed by atoms with E-state index in [9.17, 15) is 9.90 Å². The number of methoxy groups -OCH3 is 2. The second-order valence-corrected chi connectivity index (χ2v) is 7.80. The number of hydrogen-bond acceptors (Lipinski definition) is 9. The Bertz CT molecular complexity index is 1160. The molecule has 2 N–H and O–H groups in total. The van der Waals surface area contributed by atoms with Crippen molar-refractivity contribution in [1.82, 2.24) is 20.2 Å². The van der Waals surface area contributed by atoms with E-state index in [4.69, 9.17) is 14.2 Å². The SMILES string of the molecule is CCOc1cc(/C=N/NC(=O)CSc2nnc(-c3ccc(OC)c(OC)c3)n2CC)ccc1O. The molecular weight excluding hydrogens is 458 g/mol. The van der Waals surface area contributed by atoms with Gasteiger partial charge >= 0.3 is 0 Å². The number of aromatic hydroxyl groups is 1. The number of thioether (sulfide) groups is 1. The van der Waals surface area contributed by atoms with Crippen molar-refractivity contribution in [2.75, 3.05) is 26.6 Å². The molecule has 0 atom stereocenters. The monoisotopic (exact) mass is 485 g/mol. The molecule has 0 fully saturated rings. The number of rotatable bonds is 11. The van der Waals surface area contributed by atoms with Crippen molar-refractivity contribution in [3.8, 4) is 34.4 Å². The van der Waals surface area contributed by atoms with Gasteiger partial charge in [-0.3, -0.25) is 4.79 Å². The number of carbonyl (C=O) groups is 1. The second-order valence-electron chi connectivity index (χ2n) is 6.86. The zero-order chi connectivity index (χ0) is 24.5. The van der Waals surface area contributed by atoms with Gasteiger partial charge in [-0.25, -0.2) is 5.43 Å². The first-order valence-electron chi connectivity index (χ1n) is 10.6. The predicted octanol–water partition coefficient (Wildman–Crippen LogP) is 3.33. The third kappa shape index (κ3) is 5.98. The van der Waals surface area contributed by atoms with Crippen LogP contribution in [0, 0.1) is 0 Å². The molecule has 1 heterocycles. The molecule has 0 bridgehead atoms. The van der Waals surface area contributed by atoms with Gasteiger partial charge < -0.3 is 23.9 Å². The van der Waals surface area contributed by atoms with Gasteiger partial charge in [0.05, 0.1) is 32.8 Å². The first-order chi connectivity index (χ1) is 16.5. The van der Waals surface area contributed by atoms with Crippen molar-refractivity contribution >= 4 is 23.9 Å². The van der Waals surface area contributed by atoms with Crippen LogP contribution < -0.4 is 19.6 Å². The predicted molar refractivity (Wildman–Crippen MR) is 130 cm³/mol. The first-order valence-corrected chi connectivity index (χ1v) is 11.5. The number of carbonyl (C=O) groups excluding carboxylic acids is 1. The molecule has 0 aliphatic rings. The van der Waals surface area contributed by atoms with Crippen molar-refractivity contribution in [2.45, 2.75) is 25.5 Å². The maximum absolute atomic E-state index is 12.3. The average molecular weight is 486 g/mol. The van der Waals surface area contributed by atoms with Crippen LogP contribution in [0.25, 0.3) is 11.4 Å². The van der Waals surface area contributed by atoms with Gasteiger partial charge in [0.2, 0.25) is 0 Å². The molecule has 180 valence electrons. The minimum atomic E-state index is -0.289. The Kier molecular flexibility index (Phi) is 8.74. The molecule has 2 aromatic carbocycles. The maximum Gasteiger partial charge on any atom is 0.250 e. The lowest BCUT2D eigenvalue weighted by Crippen LogP contribution is -2.20. The van der Waals surface area contributed by atoms with E-state index in [-0.39, 0.29) is 17.4 Å². The van der Waals surface area contributed by atoms with Crippen LogP contribution in [0.15, 0.2) is 46.7 Å².